The second-order valence-corrected chi connectivity index (χ2v) is 4.37. The summed E-state index contributed by atoms with van der Waals surface area (Å²) in [6.45, 7) is 10.1. The van der Waals surface area contributed by atoms with E-state index in [2.05, 4.69) is 11.6 Å². The van der Waals surface area contributed by atoms with Crippen LogP contribution in [0.25, 0.3) is 5.57 Å². The Bertz CT molecular complexity index is 449. The molecule has 1 unspecified atom stereocenters. The van der Waals surface area contributed by atoms with Crippen LogP contribution in [0.1, 0.15) is 32.8 Å². The number of hydrogen-bond acceptors (Lipinski definition) is 2. The van der Waals surface area contributed by atoms with E-state index < -0.39 is 0 Å². The fourth-order valence-electron chi connectivity index (χ4n) is 1.78. The van der Waals surface area contributed by atoms with Gasteiger partial charge in [0, 0.05) is 26.1 Å². The van der Waals surface area contributed by atoms with Crippen LogP contribution in [0, 0.1) is 5.82 Å². The van der Waals surface area contributed by atoms with Gasteiger partial charge < -0.3 is 9.30 Å². The summed E-state index contributed by atoms with van der Waals surface area (Å²) in [4.78, 5) is 4.25. The number of ether oxygens (including phenoxy) is 1. The van der Waals surface area contributed by atoms with Crippen LogP contribution in [0.5, 0.6) is 0 Å². The third kappa shape index (κ3) is 3.29. The third-order valence-electron chi connectivity index (χ3n) is 2.86. The molecule has 0 spiro atoms. The molecule has 0 aliphatic rings. The van der Waals surface area contributed by atoms with E-state index in [0.29, 0.717) is 23.5 Å². The SMILES string of the molecule is C=C(C)c1c(F)cn(CCC(C)OC)c1/N=C\C. The molecule has 0 aliphatic carbocycles. The van der Waals surface area contributed by atoms with Crippen LogP contribution in [0.2, 0.25) is 0 Å². The minimum Gasteiger partial charge on any atom is -0.382 e. The van der Waals surface area contributed by atoms with E-state index in [9.17, 15) is 4.39 Å². The number of aromatic nitrogens is 1. The Kier molecular flexibility index (Phi) is 5.28. The number of rotatable bonds is 6. The van der Waals surface area contributed by atoms with Gasteiger partial charge in [0.15, 0.2) is 5.82 Å². The zero-order valence-electron chi connectivity index (χ0n) is 11.5. The van der Waals surface area contributed by atoms with Crippen molar-refractivity contribution in [1.29, 1.82) is 0 Å². The Labute approximate surface area is 108 Å². The molecule has 0 N–H and O–H groups in total. The van der Waals surface area contributed by atoms with Crippen molar-refractivity contribution in [1.82, 2.24) is 4.57 Å². The normalized spacial score (nSPS) is 13.2. The average Bonchev–Trinajstić information content (AvgIpc) is 2.63. The highest BCUT2D eigenvalue weighted by atomic mass is 19.1. The highest BCUT2D eigenvalue weighted by Gasteiger charge is 2.16. The molecule has 0 saturated carbocycles. The van der Waals surface area contributed by atoms with Crippen LogP contribution in [-0.2, 0) is 11.3 Å². The van der Waals surface area contributed by atoms with E-state index in [1.54, 1.807) is 20.2 Å². The standard InChI is InChI=1S/C14H21FN2O/c1-6-16-14-13(10(2)3)12(15)9-17(14)8-7-11(4)18-5/h6,9,11H,2,7-8H2,1,3-5H3/b16-6-. The van der Waals surface area contributed by atoms with Crippen molar-refractivity contribution >= 4 is 17.6 Å². The largest absolute Gasteiger partial charge is 0.382 e. The number of halogens is 1. The van der Waals surface area contributed by atoms with Gasteiger partial charge in [-0.1, -0.05) is 6.58 Å². The van der Waals surface area contributed by atoms with Gasteiger partial charge in [-0.3, -0.25) is 0 Å². The second-order valence-electron chi connectivity index (χ2n) is 4.37. The summed E-state index contributed by atoms with van der Waals surface area (Å²) in [5.74, 6) is 0.360. The minimum atomic E-state index is -0.270. The van der Waals surface area contributed by atoms with Gasteiger partial charge in [0.25, 0.3) is 0 Å². The molecule has 0 saturated heterocycles. The lowest BCUT2D eigenvalue weighted by atomic mass is 10.1. The van der Waals surface area contributed by atoms with E-state index in [4.69, 9.17) is 4.74 Å². The molecule has 0 bridgehead atoms. The van der Waals surface area contributed by atoms with Crippen LogP contribution < -0.4 is 0 Å². The summed E-state index contributed by atoms with van der Waals surface area (Å²) in [5, 5.41) is 0. The Morgan fingerprint density at radius 2 is 2.33 bits per heavy atom. The number of hydrogen-bond donors (Lipinski definition) is 0. The maximum atomic E-state index is 13.9. The van der Waals surface area contributed by atoms with E-state index >= 15 is 0 Å². The summed E-state index contributed by atoms with van der Waals surface area (Å²) < 4.78 is 20.9. The molecule has 0 amide bonds. The van der Waals surface area contributed by atoms with Crippen LogP contribution in [0.3, 0.4) is 0 Å². The van der Waals surface area contributed by atoms with Crippen molar-refractivity contribution in [2.45, 2.75) is 39.8 Å². The van der Waals surface area contributed by atoms with E-state index in [-0.39, 0.29) is 11.9 Å². The topological polar surface area (TPSA) is 26.5 Å². The van der Waals surface area contributed by atoms with E-state index in [0.717, 1.165) is 6.42 Å². The zero-order chi connectivity index (χ0) is 13.7. The van der Waals surface area contributed by atoms with Crippen molar-refractivity contribution < 1.29 is 9.13 Å². The lowest BCUT2D eigenvalue weighted by molar-refractivity contribution is 0.107. The Hall–Kier alpha value is -1.42. The van der Waals surface area contributed by atoms with E-state index in [1.807, 2.05) is 18.4 Å². The lowest BCUT2D eigenvalue weighted by Gasteiger charge is -2.11. The van der Waals surface area contributed by atoms with Crippen molar-refractivity contribution in [3.8, 4) is 0 Å². The fraction of sp³-hybridized carbons (Fsp3) is 0.500. The van der Waals surface area contributed by atoms with Gasteiger partial charge in [0.05, 0.1) is 11.7 Å². The number of nitrogens with zero attached hydrogens (tertiary/aromatic N) is 2. The quantitative estimate of drug-likeness (QED) is 0.707. The first-order valence-electron chi connectivity index (χ1n) is 6.07. The smallest absolute Gasteiger partial charge is 0.150 e. The summed E-state index contributed by atoms with van der Waals surface area (Å²) in [5.41, 5.74) is 1.19. The molecule has 100 valence electrons. The first-order chi connectivity index (χ1) is 8.51. The average molecular weight is 252 g/mol. The second kappa shape index (κ2) is 6.50. The Balaban J connectivity index is 3.04. The Morgan fingerprint density at radius 1 is 1.67 bits per heavy atom. The molecular formula is C14H21FN2O. The molecule has 0 aromatic carbocycles. The van der Waals surface area contributed by atoms with Gasteiger partial charge in [0.1, 0.15) is 5.82 Å². The highest BCUT2D eigenvalue weighted by Crippen LogP contribution is 2.30. The van der Waals surface area contributed by atoms with Gasteiger partial charge in [-0.15, -0.1) is 0 Å². The molecule has 1 atom stereocenters. The Morgan fingerprint density at radius 3 is 2.83 bits per heavy atom. The summed E-state index contributed by atoms with van der Waals surface area (Å²) in [6, 6.07) is 0. The van der Waals surface area contributed by atoms with Gasteiger partial charge in [-0.05, 0) is 32.8 Å². The third-order valence-corrected chi connectivity index (χ3v) is 2.86. The molecule has 18 heavy (non-hydrogen) atoms. The number of aliphatic imine (C=N–C) groups is 1. The zero-order valence-corrected chi connectivity index (χ0v) is 11.5. The van der Waals surface area contributed by atoms with Crippen molar-refractivity contribution in [3.63, 3.8) is 0 Å². The van der Waals surface area contributed by atoms with Crippen molar-refractivity contribution in [2.75, 3.05) is 7.11 Å². The van der Waals surface area contributed by atoms with Gasteiger partial charge in [-0.2, -0.15) is 0 Å². The molecule has 1 rings (SSSR count). The van der Waals surface area contributed by atoms with Gasteiger partial charge in [-0.25, -0.2) is 9.38 Å². The molecule has 1 heterocycles. The lowest BCUT2D eigenvalue weighted by Crippen LogP contribution is -2.09. The van der Waals surface area contributed by atoms with Crippen molar-refractivity contribution in [2.24, 2.45) is 4.99 Å². The molecule has 1 aromatic rings. The number of allylic oxidation sites excluding steroid dienone is 1. The molecule has 0 fully saturated rings. The molecular weight excluding hydrogens is 231 g/mol. The first-order valence-corrected chi connectivity index (χ1v) is 6.07. The monoisotopic (exact) mass is 252 g/mol. The predicted molar refractivity (Wildman–Crippen MR) is 74.0 cm³/mol. The van der Waals surface area contributed by atoms with Gasteiger partial charge >= 0.3 is 0 Å². The molecule has 0 aliphatic heterocycles. The van der Waals surface area contributed by atoms with Crippen LogP contribution in [0.4, 0.5) is 10.2 Å². The molecule has 3 nitrogen and oxygen atoms in total. The maximum Gasteiger partial charge on any atom is 0.150 e. The molecule has 0 radical (unpaired) electrons. The molecule has 4 heteroatoms. The number of aryl methyl sites for hydroxylation is 1. The maximum absolute atomic E-state index is 13.9. The van der Waals surface area contributed by atoms with Crippen molar-refractivity contribution in [3.05, 3.63) is 24.2 Å². The van der Waals surface area contributed by atoms with Crippen LogP contribution in [0.15, 0.2) is 17.8 Å². The minimum absolute atomic E-state index is 0.141. The first kappa shape index (κ1) is 14.6. The number of methoxy groups -OCH3 is 1. The molecule has 1 aromatic heterocycles. The summed E-state index contributed by atoms with van der Waals surface area (Å²) in [6.07, 6.45) is 4.10. The van der Waals surface area contributed by atoms with Crippen LogP contribution >= 0.6 is 0 Å². The predicted octanol–water partition coefficient (Wildman–Crippen LogP) is 3.81. The summed E-state index contributed by atoms with van der Waals surface area (Å²) >= 11 is 0. The summed E-state index contributed by atoms with van der Waals surface area (Å²) in [7, 11) is 1.67. The van der Waals surface area contributed by atoms with E-state index in [1.165, 1.54) is 6.20 Å². The fourth-order valence-corrected chi connectivity index (χ4v) is 1.78. The highest BCUT2D eigenvalue weighted by molar-refractivity contribution is 5.74. The van der Waals surface area contributed by atoms with Crippen LogP contribution in [-0.4, -0.2) is 24.0 Å². The van der Waals surface area contributed by atoms with Gasteiger partial charge in [0.2, 0.25) is 0 Å².